The summed E-state index contributed by atoms with van der Waals surface area (Å²) in [6, 6.07) is 17.5. The molecule has 156 valence electrons. The number of Topliss-reactive ketones (excluding diaryl/α,β-unsaturated/α-hetero) is 1. The Morgan fingerprint density at radius 3 is 2.61 bits per heavy atom. The summed E-state index contributed by atoms with van der Waals surface area (Å²) in [4.78, 5) is 33.6. The molecule has 2 aromatic carbocycles. The molecule has 5 nitrogen and oxygen atoms in total. The topological polar surface area (TPSA) is 59.0 Å². The van der Waals surface area contributed by atoms with Gasteiger partial charge in [-0.15, -0.1) is 0 Å². The molecule has 0 saturated heterocycles. The van der Waals surface area contributed by atoms with Crippen LogP contribution in [0.25, 0.3) is 0 Å². The van der Waals surface area contributed by atoms with Crippen LogP contribution in [0.15, 0.2) is 71.7 Å². The summed E-state index contributed by atoms with van der Waals surface area (Å²) in [5.41, 5.74) is 3.00. The third-order valence-electron chi connectivity index (χ3n) is 7.59. The maximum Gasteiger partial charge on any atom is 0.414 e. The third-order valence-corrected chi connectivity index (χ3v) is 7.59. The molecule has 6 rings (SSSR count). The van der Waals surface area contributed by atoms with Crippen LogP contribution in [0.2, 0.25) is 0 Å². The molecule has 0 aromatic heterocycles. The van der Waals surface area contributed by atoms with E-state index >= 15 is 0 Å². The number of allylic oxidation sites excluding steroid dienone is 2. The van der Waals surface area contributed by atoms with Gasteiger partial charge in [0.1, 0.15) is 12.4 Å². The van der Waals surface area contributed by atoms with E-state index < -0.39 is 11.5 Å². The maximum atomic E-state index is 13.5. The second kappa shape index (κ2) is 6.64. The summed E-state index contributed by atoms with van der Waals surface area (Å²) < 4.78 is 5.74. The quantitative estimate of drug-likeness (QED) is 0.677. The van der Waals surface area contributed by atoms with Gasteiger partial charge >= 0.3 is 6.09 Å². The smallest absolute Gasteiger partial charge is 0.414 e. The van der Waals surface area contributed by atoms with E-state index in [1.807, 2.05) is 48.5 Å². The first kappa shape index (κ1) is 18.6. The summed E-state index contributed by atoms with van der Waals surface area (Å²) >= 11 is 0. The van der Waals surface area contributed by atoms with Crippen LogP contribution in [0.5, 0.6) is 0 Å². The summed E-state index contributed by atoms with van der Waals surface area (Å²) in [6.45, 7) is 0.906. The van der Waals surface area contributed by atoms with Gasteiger partial charge < -0.3 is 4.74 Å². The number of nitrogens with zero attached hydrogens (tertiary/aromatic N) is 2. The first-order valence-corrected chi connectivity index (χ1v) is 11.0. The molecule has 1 saturated carbocycles. The lowest BCUT2D eigenvalue weighted by molar-refractivity contribution is -0.126. The number of ether oxygens (including phenoxy) is 1. The molecule has 2 aliphatic carbocycles. The van der Waals surface area contributed by atoms with Crippen molar-refractivity contribution in [3.63, 3.8) is 0 Å². The van der Waals surface area contributed by atoms with Gasteiger partial charge in [-0.3, -0.25) is 14.7 Å². The Balaban J connectivity index is 1.41. The Labute approximate surface area is 181 Å². The molecule has 1 fully saturated rings. The van der Waals surface area contributed by atoms with Gasteiger partial charge in [-0.05, 0) is 36.5 Å². The highest BCUT2D eigenvalue weighted by Gasteiger charge is 2.67. The zero-order valence-corrected chi connectivity index (χ0v) is 17.3. The van der Waals surface area contributed by atoms with Crippen molar-refractivity contribution in [3.8, 4) is 0 Å². The largest absolute Gasteiger partial charge is 0.444 e. The van der Waals surface area contributed by atoms with Gasteiger partial charge in [0.25, 0.3) is 0 Å². The fraction of sp³-hybridized carbons (Fsp3) is 0.346. The van der Waals surface area contributed by atoms with Gasteiger partial charge in [0.05, 0.1) is 22.6 Å². The van der Waals surface area contributed by atoms with Crippen LogP contribution in [-0.4, -0.2) is 30.2 Å². The second-order valence-electron chi connectivity index (χ2n) is 8.98. The molecule has 1 amide bonds. The van der Waals surface area contributed by atoms with E-state index in [4.69, 9.17) is 9.73 Å². The van der Waals surface area contributed by atoms with Crippen LogP contribution in [0, 0.1) is 5.41 Å². The molecule has 0 N–H and O–H groups in total. The minimum Gasteiger partial charge on any atom is -0.444 e. The number of para-hydroxylation sites is 1. The van der Waals surface area contributed by atoms with Gasteiger partial charge in [0.2, 0.25) is 0 Å². The van der Waals surface area contributed by atoms with Crippen LogP contribution >= 0.6 is 0 Å². The Morgan fingerprint density at radius 2 is 1.81 bits per heavy atom. The van der Waals surface area contributed by atoms with Crippen molar-refractivity contribution in [2.45, 2.75) is 43.7 Å². The molecule has 5 heteroatoms. The Hall–Kier alpha value is -3.21. The zero-order valence-electron chi connectivity index (χ0n) is 17.3. The molecule has 4 aliphatic rings. The summed E-state index contributed by atoms with van der Waals surface area (Å²) in [6.07, 6.45) is 6.45. The van der Waals surface area contributed by atoms with Crippen molar-refractivity contribution >= 4 is 23.3 Å². The average Bonchev–Trinajstić information content (AvgIpc) is 3.52. The molecule has 0 radical (unpaired) electrons. The van der Waals surface area contributed by atoms with E-state index in [1.54, 1.807) is 4.90 Å². The van der Waals surface area contributed by atoms with Crippen molar-refractivity contribution in [2.24, 2.45) is 10.4 Å². The first-order chi connectivity index (χ1) is 15.2. The normalized spacial score (nSPS) is 27.1. The Bertz CT molecular complexity index is 1130. The number of hydrogen-bond donors (Lipinski definition) is 0. The third kappa shape index (κ3) is 2.40. The molecule has 2 aromatic rings. The van der Waals surface area contributed by atoms with E-state index in [0.717, 1.165) is 41.8 Å². The van der Waals surface area contributed by atoms with Gasteiger partial charge in [-0.1, -0.05) is 60.7 Å². The van der Waals surface area contributed by atoms with Gasteiger partial charge in [0, 0.05) is 18.7 Å². The number of amides is 1. The number of carbonyl (C=O) groups excluding carboxylic acids is 2. The van der Waals surface area contributed by atoms with E-state index in [9.17, 15) is 9.59 Å². The molecule has 2 spiro atoms. The Morgan fingerprint density at radius 1 is 1.06 bits per heavy atom. The number of benzene rings is 2. The minimum atomic E-state index is -0.524. The molecule has 2 heterocycles. The first-order valence-electron chi connectivity index (χ1n) is 11.0. The van der Waals surface area contributed by atoms with Crippen molar-refractivity contribution < 1.29 is 14.3 Å². The summed E-state index contributed by atoms with van der Waals surface area (Å²) in [7, 11) is 0. The average molecular weight is 412 g/mol. The van der Waals surface area contributed by atoms with Gasteiger partial charge in [-0.25, -0.2) is 4.79 Å². The lowest BCUT2D eigenvalue weighted by atomic mass is 9.55. The highest BCUT2D eigenvalue weighted by Crippen LogP contribution is 2.60. The minimum absolute atomic E-state index is 0.201. The van der Waals surface area contributed by atoms with Crippen LogP contribution < -0.4 is 4.90 Å². The van der Waals surface area contributed by atoms with Crippen molar-refractivity contribution in [1.29, 1.82) is 0 Å². The van der Waals surface area contributed by atoms with E-state index in [-0.39, 0.29) is 23.8 Å². The lowest BCUT2D eigenvalue weighted by Gasteiger charge is -2.47. The Kier molecular flexibility index (Phi) is 3.98. The molecule has 2 aliphatic heterocycles. The molecule has 31 heavy (non-hydrogen) atoms. The number of carbonyl (C=O) groups is 2. The zero-order chi connectivity index (χ0) is 21.1. The number of rotatable bonds is 2. The van der Waals surface area contributed by atoms with Crippen LogP contribution in [-0.2, 0) is 21.6 Å². The molecular formula is C26H24N2O3. The predicted molar refractivity (Wildman–Crippen MR) is 118 cm³/mol. The molecule has 0 unspecified atom stereocenters. The molecule has 2 atom stereocenters. The van der Waals surface area contributed by atoms with E-state index in [1.165, 1.54) is 0 Å². The number of ketones is 1. The molecule has 0 bridgehead atoms. The van der Waals surface area contributed by atoms with E-state index in [2.05, 4.69) is 18.2 Å². The fourth-order valence-electron chi connectivity index (χ4n) is 6.25. The predicted octanol–water partition coefficient (Wildman–Crippen LogP) is 4.60. The van der Waals surface area contributed by atoms with Crippen LogP contribution in [0.4, 0.5) is 10.5 Å². The van der Waals surface area contributed by atoms with Crippen molar-refractivity contribution in [1.82, 2.24) is 0 Å². The van der Waals surface area contributed by atoms with Crippen LogP contribution in [0.3, 0.4) is 0 Å². The van der Waals surface area contributed by atoms with Gasteiger partial charge in [-0.2, -0.15) is 0 Å². The number of hydrogen-bond acceptors (Lipinski definition) is 4. The highest BCUT2D eigenvalue weighted by atomic mass is 16.6. The van der Waals surface area contributed by atoms with Gasteiger partial charge in [0.15, 0.2) is 0 Å². The van der Waals surface area contributed by atoms with E-state index in [0.29, 0.717) is 13.0 Å². The second-order valence-corrected chi connectivity index (χ2v) is 8.98. The van der Waals surface area contributed by atoms with Crippen LogP contribution in [0.1, 0.15) is 36.8 Å². The van der Waals surface area contributed by atoms with Crippen molar-refractivity contribution in [3.05, 3.63) is 77.9 Å². The lowest BCUT2D eigenvalue weighted by Crippen LogP contribution is -2.62. The number of aliphatic imine (C=N–C) groups is 1. The van der Waals surface area contributed by atoms with Crippen molar-refractivity contribution in [2.75, 3.05) is 11.4 Å². The highest BCUT2D eigenvalue weighted by molar-refractivity contribution is 6.21. The summed E-state index contributed by atoms with van der Waals surface area (Å²) in [5, 5.41) is 0. The molecular weight excluding hydrogens is 388 g/mol. The number of anilines is 1. The fourth-order valence-corrected chi connectivity index (χ4v) is 6.25. The monoisotopic (exact) mass is 412 g/mol. The standard InChI is InChI=1S/C26H24N2O3/c29-22-16-21-26(14-15-27-23(26)25(22)12-6-7-13-25)19-10-4-5-11-20(19)28(21)24(30)31-17-18-8-2-1-3-9-18/h1-11,21H,12-17H2/t21-,26-/m0/s1. The number of fused-ring (bicyclic) bond motifs is 2. The maximum absolute atomic E-state index is 13.5. The SMILES string of the molecule is O=C(OCc1ccccc1)N1c2ccccc2[C@]23CCN=C2C2(CC=CC2)C(=O)C[C@H]13. The summed E-state index contributed by atoms with van der Waals surface area (Å²) in [5.74, 6) is 0.201.